The fourth-order valence-corrected chi connectivity index (χ4v) is 5.09. The van der Waals surface area contributed by atoms with E-state index < -0.39 is 5.97 Å². The van der Waals surface area contributed by atoms with Gasteiger partial charge in [-0.05, 0) is 77.6 Å². The molecule has 0 saturated carbocycles. The van der Waals surface area contributed by atoms with Crippen molar-refractivity contribution in [2.45, 2.75) is 6.92 Å². The van der Waals surface area contributed by atoms with E-state index in [0.29, 0.717) is 27.3 Å². The maximum absolute atomic E-state index is 13.1. The number of methoxy groups -OCH3 is 1. The van der Waals surface area contributed by atoms with Gasteiger partial charge in [0, 0.05) is 19.8 Å². The van der Waals surface area contributed by atoms with Crippen LogP contribution in [0.4, 0.5) is 11.4 Å². The van der Waals surface area contributed by atoms with Crippen molar-refractivity contribution in [3.8, 4) is 11.5 Å². The Hall–Kier alpha value is -2.31. The third kappa shape index (κ3) is 5.98. The van der Waals surface area contributed by atoms with E-state index in [-0.39, 0.29) is 12.5 Å². The van der Waals surface area contributed by atoms with Gasteiger partial charge in [-0.15, -0.1) is 0 Å². The molecule has 0 N–H and O–H groups in total. The number of hydrogen-bond acceptors (Lipinski definition) is 8. The number of thioether (sulfide) groups is 1. The number of benzene rings is 2. The van der Waals surface area contributed by atoms with Gasteiger partial charge in [0.1, 0.15) is 0 Å². The van der Waals surface area contributed by atoms with Crippen LogP contribution in [0.3, 0.4) is 0 Å². The Morgan fingerprint density at radius 1 is 1.21 bits per heavy atom. The Balaban J connectivity index is 1.88. The molecular formula is C23H23IN2O5S2. The smallest absolute Gasteiger partial charge is 0.343 e. The van der Waals surface area contributed by atoms with Crippen molar-refractivity contribution < 1.29 is 23.8 Å². The lowest BCUT2D eigenvalue weighted by atomic mass is 10.1. The van der Waals surface area contributed by atoms with E-state index in [4.69, 9.17) is 21.7 Å². The second kappa shape index (κ2) is 11.2. The van der Waals surface area contributed by atoms with Gasteiger partial charge in [0.2, 0.25) is 0 Å². The monoisotopic (exact) mass is 598 g/mol. The quantitative estimate of drug-likeness (QED) is 0.187. The van der Waals surface area contributed by atoms with Crippen LogP contribution in [-0.4, -0.2) is 50.6 Å². The Labute approximate surface area is 216 Å². The van der Waals surface area contributed by atoms with E-state index in [1.807, 2.05) is 56.3 Å². The maximum atomic E-state index is 13.1. The van der Waals surface area contributed by atoms with Crippen molar-refractivity contribution >= 4 is 80.2 Å². The van der Waals surface area contributed by atoms with E-state index in [1.54, 1.807) is 12.1 Å². The SMILES string of the molecule is CCOc1cc(/C=C2/SC(=S)N(c3ccc(N(C)C)cc3)C2=O)cc(I)c1OCC(=O)OC. The van der Waals surface area contributed by atoms with Crippen LogP contribution in [0.2, 0.25) is 0 Å². The topological polar surface area (TPSA) is 68.3 Å². The van der Waals surface area contributed by atoms with Crippen LogP contribution in [0, 0.1) is 3.57 Å². The molecular weight excluding hydrogens is 575 g/mol. The lowest BCUT2D eigenvalue weighted by Gasteiger charge is -2.17. The molecule has 0 atom stereocenters. The van der Waals surface area contributed by atoms with E-state index in [1.165, 1.54) is 23.8 Å². The third-order valence-electron chi connectivity index (χ3n) is 4.61. The Morgan fingerprint density at radius 2 is 1.91 bits per heavy atom. The molecule has 174 valence electrons. The molecule has 1 aliphatic heterocycles. The molecule has 1 aliphatic rings. The van der Waals surface area contributed by atoms with Crippen LogP contribution in [0.15, 0.2) is 41.3 Å². The van der Waals surface area contributed by atoms with Crippen LogP contribution >= 0.6 is 46.6 Å². The highest BCUT2D eigenvalue weighted by atomic mass is 127. The first-order valence-corrected chi connectivity index (χ1v) is 12.3. The van der Waals surface area contributed by atoms with E-state index in [0.717, 1.165) is 20.5 Å². The van der Waals surface area contributed by atoms with E-state index in [9.17, 15) is 9.59 Å². The summed E-state index contributed by atoms with van der Waals surface area (Å²) in [4.78, 5) is 28.6. The van der Waals surface area contributed by atoms with Crippen molar-refractivity contribution in [3.63, 3.8) is 0 Å². The molecule has 0 unspecified atom stereocenters. The highest BCUT2D eigenvalue weighted by Gasteiger charge is 2.33. The molecule has 2 aromatic rings. The summed E-state index contributed by atoms with van der Waals surface area (Å²) >= 11 is 8.85. The molecule has 0 bridgehead atoms. The maximum Gasteiger partial charge on any atom is 0.343 e. The summed E-state index contributed by atoms with van der Waals surface area (Å²) in [7, 11) is 5.22. The second-order valence-electron chi connectivity index (χ2n) is 7.06. The van der Waals surface area contributed by atoms with Crippen molar-refractivity contribution in [2.75, 3.05) is 44.2 Å². The molecule has 10 heteroatoms. The first-order valence-electron chi connectivity index (χ1n) is 9.96. The highest BCUT2D eigenvalue weighted by Crippen LogP contribution is 2.39. The molecule has 0 aromatic heterocycles. The zero-order valence-electron chi connectivity index (χ0n) is 18.6. The average molecular weight is 598 g/mol. The zero-order chi connectivity index (χ0) is 24.1. The number of amides is 1. The normalized spacial score (nSPS) is 14.6. The van der Waals surface area contributed by atoms with Gasteiger partial charge in [0.05, 0.1) is 27.9 Å². The first kappa shape index (κ1) is 25.3. The number of carbonyl (C=O) groups excluding carboxylic acids is 2. The number of thiocarbonyl (C=S) groups is 1. The molecule has 0 spiro atoms. The summed E-state index contributed by atoms with van der Waals surface area (Å²) in [5.74, 6) is 0.268. The molecule has 2 aromatic carbocycles. The van der Waals surface area contributed by atoms with Crippen molar-refractivity contribution in [3.05, 3.63) is 50.4 Å². The number of ether oxygens (including phenoxy) is 3. The number of nitrogens with zero attached hydrogens (tertiary/aromatic N) is 2. The fraction of sp³-hybridized carbons (Fsp3) is 0.261. The number of rotatable bonds is 8. The van der Waals surface area contributed by atoms with Gasteiger partial charge in [0.25, 0.3) is 5.91 Å². The predicted octanol–water partition coefficient (Wildman–Crippen LogP) is 4.71. The van der Waals surface area contributed by atoms with Crippen LogP contribution in [0.25, 0.3) is 6.08 Å². The molecule has 0 aliphatic carbocycles. The van der Waals surface area contributed by atoms with Crippen LogP contribution in [0.1, 0.15) is 12.5 Å². The predicted molar refractivity (Wildman–Crippen MR) is 144 cm³/mol. The van der Waals surface area contributed by atoms with E-state index in [2.05, 4.69) is 27.3 Å². The van der Waals surface area contributed by atoms with Gasteiger partial charge >= 0.3 is 5.97 Å². The first-order chi connectivity index (χ1) is 15.7. The molecule has 33 heavy (non-hydrogen) atoms. The van der Waals surface area contributed by atoms with E-state index >= 15 is 0 Å². The zero-order valence-corrected chi connectivity index (χ0v) is 22.4. The number of hydrogen-bond donors (Lipinski definition) is 0. The van der Waals surface area contributed by atoms with Gasteiger partial charge in [-0.1, -0.05) is 24.0 Å². The van der Waals surface area contributed by atoms with Gasteiger partial charge < -0.3 is 19.1 Å². The molecule has 0 radical (unpaired) electrons. The van der Waals surface area contributed by atoms with Crippen LogP contribution in [0.5, 0.6) is 11.5 Å². The lowest BCUT2D eigenvalue weighted by Crippen LogP contribution is -2.27. The summed E-state index contributed by atoms with van der Waals surface area (Å²) < 4.78 is 17.2. The minimum Gasteiger partial charge on any atom is -0.490 e. The minimum absolute atomic E-state index is 0.179. The standard InChI is InChI=1S/C23H23IN2O5S2/c1-5-30-18-11-14(10-17(24)21(18)31-13-20(27)29-4)12-19-22(28)26(23(32)33-19)16-8-6-15(7-9-16)25(2)3/h6-12H,5,13H2,1-4H3/b19-12+. The number of esters is 1. The molecule has 3 rings (SSSR count). The van der Waals surface area contributed by atoms with Crippen LogP contribution in [-0.2, 0) is 14.3 Å². The number of halogens is 1. The largest absolute Gasteiger partial charge is 0.490 e. The summed E-state index contributed by atoms with van der Waals surface area (Å²) in [5, 5.41) is 0. The van der Waals surface area contributed by atoms with Crippen LogP contribution < -0.4 is 19.3 Å². The number of carbonyl (C=O) groups is 2. The summed E-state index contributed by atoms with van der Waals surface area (Å²) in [6, 6.07) is 11.3. The molecule has 1 fully saturated rings. The Bertz CT molecular complexity index is 1100. The minimum atomic E-state index is -0.486. The molecule has 1 heterocycles. The van der Waals surface area contributed by atoms with Gasteiger partial charge in [-0.2, -0.15) is 0 Å². The summed E-state index contributed by atoms with van der Waals surface area (Å²) in [5.41, 5.74) is 2.52. The second-order valence-corrected chi connectivity index (χ2v) is 9.89. The van der Waals surface area contributed by atoms with Crippen molar-refractivity contribution in [2.24, 2.45) is 0 Å². The Kier molecular flexibility index (Phi) is 8.60. The number of anilines is 2. The third-order valence-corrected chi connectivity index (χ3v) is 6.71. The average Bonchev–Trinajstić information content (AvgIpc) is 3.05. The van der Waals surface area contributed by atoms with Crippen molar-refractivity contribution in [1.29, 1.82) is 0 Å². The summed E-state index contributed by atoms with van der Waals surface area (Å²) in [6.07, 6.45) is 1.78. The highest BCUT2D eigenvalue weighted by molar-refractivity contribution is 14.1. The molecule has 1 amide bonds. The van der Waals surface area contributed by atoms with Crippen molar-refractivity contribution in [1.82, 2.24) is 0 Å². The summed E-state index contributed by atoms with van der Waals surface area (Å²) in [6.45, 7) is 2.05. The van der Waals surface area contributed by atoms with Gasteiger partial charge in [-0.25, -0.2) is 4.79 Å². The fourth-order valence-electron chi connectivity index (χ4n) is 3.01. The lowest BCUT2D eigenvalue weighted by molar-refractivity contribution is -0.142. The van der Waals surface area contributed by atoms with Gasteiger partial charge in [0.15, 0.2) is 22.4 Å². The molecule has 7 nitrogen and oxygen atoms in total. The Morgan fingerprint density at radius 3 is 2.52 bits per heavy atom. The van der Waals surface area contributed by atoms with Gasteiger partial charge in [-0.3, -0.25) is 9.69 Å². The molecule has 1 saturated heterocycles.